The summed E-state index contributed by atoms with van der Waals surface area (Å²) in [5.41, 5.74) is 6.98. The highest BCUT2D eigenvalue weighted by Gasteiger charge is 2.45. The van der Waals surface area contributed by atoms with Crippen molar-refractivity contribution in [2.75, 3.05) is 40.5 Å². The molecule has 2 N–H and O–H groups in total. The maximum Gasteiger partial charge on any atom is 0.409 e. The Bertz CT molecular complexity index is 632. The van der Waals surface area contributed by atoms with Gasteiger partial charge in [-0.3, -0.25) is 0 Å². The molecule has 1 aromatic rings. The average Bonchev–Trinajstić information content (AvgIpc) is 3.40. The van der Waals surface area contributed by atoms with Gasteiger partial charge in [-0.1, -0.05) is 13.0 Å². The first-order valence-electron chi connectivity index (χ1n) is 8.84. The summed E-state index contributed by atoms with van der Waals surface area (Å²) in [6.07, 6.45) is 2.18. The van der Waals surface area contributed by atoms with Crippen molar-refractivity contribution >= 4 is 6.09 Å². The van der Waals surface area contributed by atoms with Crippen molar-refractivity contribution in [2.45, 2.75) is 25.7 Å². The van der Waals surface area contributed by atoms with Gasteiger partial charge in [0.1, 0.15) is 0 Å². The molecule has 2 fully saturated rings. The summed E-state index contributed by atoms with van der Waals surface area (Å²) in [4.78, 5) is 13.7. The van der Waals surface area contributed by atoms with Crippen LogP contribution in [-0.2, 0) is 4.74 Å². The lowest BCUT2D eigenvalue weighted by molar-refractivity contribution is 0.128. The molecule has 1 amide bonds. The number of amides is 1. The van der Waals surface area contributed by atoms with Gasteiger partial charge in [0.05, 0.1) is 20.8 Å². The zero-order valence-corrected chi connectivity index (χ0v) is 15.3. The third-order valence-electron chi connectivity index (χ3n) is 5.46. The molecule has 3 rings (SSSR count). The SMILES string of the molecule is COC(=O)N1CC(c2ccc(OC)c(OCC3CC3)c2)C(C)(CN)C1. The molecule has 1 saturated carbocycles. The van der Waals surface area contributed by atoms with Crippen LogP contribution >= 0.6 is 0 Å². The van der Waals surface area contributed by atoms with E-state index in [0.29, 0.717) is 25.6 Å². The van der Waals surface area contributed by atoms with Crippen molar-refractivity contribution in [1.82, 2.24) is 4.90 Å². The van der Waals surface area contributed by atoms with Crippen LogP contribution in [0.2, 0.25) is 0 Å². The van der Waals surface area contributed by atoms with E-state index in [1.807, 2.05) is 18.2 Å². The van der Waals surface area contributed by atoms with Gasteiger partial charge >= 0.3 is 6.09 Å². The predicted molar refractivity (Wildman–Crippen MR) is 95.1 cm³/mol. The molecule has 0 spiro atoms. The molecule has 25 heavy (non-hydrogen) atoms. The maximum absolute atomic E-state index is 12.0. The van der Waals surface area contributed by atoms with E-state index in [0.717, 1.165) is 23.7 Å². The molecule has 1 saturated heterocycles. The third kappa shape index (κ3) is 3.68. The highest BCUT2D eigenvalue weighted by Crippen LogP contribution is 2.44. The molecular weight excluding hydrogens is 320 g/mol. The number of rotatable bonds is 6. The molecule has 2 atom stereocenters. The standard InChI is InChI=1S/C19H28N2O4/c1-19(11-20)12-21(18(22)24-3)9-15(19)14-6-7-16(23-2)17(8-14)25-10-13-4-5-13/h6-8,13,15H,4-5,9-12,20H2,1-3H3. The largest absolute Gasteiger partial charge is 0.493 e. The average molecular weight is 348 g/mol. The number of methoxy groups -OCH3 is 2. The summed E-state index contributed by atoms with van der Waals surface area (Å²) >= 11 is 0. The van der Waals surface area contributed by atoms with E-state index in [-0.39, 0.29) is 17.4 Å². The Labute approximate surface area is 149 Å². The minimum absolute atomic E-state index is 0.130. The summed E-state index contributed by atoms with van der Waals surface area (Å²) < 4.78 is 16.3. The Morgan fingerprint density at radius 1 is 1.32 bits per heavy atom. The number of likely N-dealkylation sites (tertiary alicyclic amines) is 1. The monoisotopic (exact) mass is 348 g/mol. The lowest BCUT2D eigenvalue weighted by Crippen LogP contribution is -2.35. The second kappa shape index (κ2) is 7.12. The van der Waals surface area contributed by atoms with E-state index in [9.17, 15) is 4.79 Å². The van der Waals surface area contributed by atoms with Gasteiger partial charge < -0.3 is 24.8 Å². The summed E-state index contributed by atoms with van der Waals surface area (Å²) in [6, 6.07) is 6.03. The van der Waals surface area contributed by atoms with Gasteiger partial charge in [-0.2, -0.15) is 0 Å². The molecule has 1 aliphatic carbocycles. The van der Waals surface area contributed by atoms with Crippen LogP contribution in [0.5, 0.6) is 11.5 Å². The van der Waals surface area contributed by atoms with E-state index in [1.165, 1.54) is 20.0 Å². The van der Waals surface area contributed by atoms with Gasteiger partial charge in [0.15, 0.2) is 11.5 Å². The molecule has 0 radical (unpaired) electrons. The van der Waals surface area contributed by atoms with Crippen LogP contribution in [-0.4, -0.2) is 51.5 Å². The predicted octanol–water partition coefficient (Wildman–Crippen LogP) is 2.61. The zero-order valence-electron chi connectivity index (χ0n) is 15.3. The first-order valence-corrected chi connectivity index (χ1v) is 8.84. The summed E-state index contributed by atoms with van der Waals surface area (Å²) in [5.74, 6) is 2.30. The Morgan fingerprint density at radius 3 is 2.68 bits per heavy atom. The normalized spacial score (nSPS) is 25.8. The Kier molecular flexibility index (Phi) is 5.08. The van der Waals surface area contributed by atoms with Crippen LogP contribution in [0.15, 0.2) is 18.2 Å². The van der Waals surface area contributed by atoms with E-state index < -0.39 is 0 Å². The molecule has 1 aliphatic heterocycles. The van der Waals surface area contributed by atoms with Crippen LogP contribution in [0.3, 0.4) is 0 Å². The molecule has 0 bridgehead atoms. The Hall–Kier alpha value is -1.95. The van der Waals surface area contributed by atoms with E-state index in [2.05, 4.69) is 6.92 Å². The third-order valence-corrected chi connectivity index (χ3v) is 5.46. The van der Waals surface area contributed by atoms with Crippen molar-refractivity contribution in [2.24, 2.45) is 17.1 Å². The lowest BCUT2D eigenvalue weighted by atomic mass is 9.76. The first kappa shape index (κ1) is 17.9. The number of carbonyl (C=O) groups excluding carboxylic acids is 1. The van der Waals surface area contributed by atoms with Crippen LogP contribution < -0.4 is 15.2 Å². The van der Waals surface area contributed by atoms with Crippen LogP contribution in [0.4, 0.5) is 4.79 Å². The van der Waals surface area contributed by atoms with Crippen LogP contribution in [0.1, 0.15) is 31.2 Å². The number of hydrogen-bond acceptors (Lipinski definition) is 5. The summed E-state index contributed by atoms with van der Waals surface area (Å²) in [5, 5.41) is 0. The molecule has 1 aromatic carbocycles. The van der Waals surface area contributed by atoms with Crippen LogP contribution in [0, 0.1) is 11.3 Å². The fourth-order valence-electron chi connectivity index (χ4n) is 3.55. The first-order chi connectivity index (χ1) is 12.0. The van der Waals surface area contributed by atoms with Crippen molar-refractivity contribution in [3.8, 4) is 11.5 Å². The zero-order chi connectivity index (χ0) is 18.0. The molecule has 6 heteroatoms. The number of nitrogens with zero attached hydrogens (tertiary/aromatic N) is 1. The van der Waals surface area contributed by atoms with Gasteiger partial charge in [0.25, 0.3) is 0 Å². The number of ether oxygens (including phenoxy) is 3. The molecule has 2 unspecified atom stereocenters. The Morgan fingerprint density at radius 2 is 2.08 bits per heavy atom. The number of benzene rings is 1. The second-order valence-corrected chi connectivity index (χ2v) is 7.43. The molecule has 1 heterocycles. The quantitative estimate of drug-likeness (QED) is 0.855. The number of nitrogens with two attached hydrogens (primary N) is 1. The van der Waals surface area contributed by atoms with Gasteiger partial charge in [-0.05, 0) is 36.5 Å². The highest BCUT2D eigenvalue weighted by molar-refractivity contribution is 5.68. The molecule has 0 aromatic heterocycles. The minimum atomic E-state index is -0.305. The molecule has 138 valence electrons. The minimum Gasteiger partial charge on any atom is -0.493 e. The van der Waals surface area contributed by atoms with Crippen molar-refractivity contribution in [3.05, 3.63) is 23.8 Å². The van der Waals surface area contributed by atoms with E-state index in [4.69, 9.17) is 19.9 Å². The fraction of sp³-hybridized carbons (Fsp3) is 0.632. The number of carbonyl (C=O) groups is 1. The van der Waals surface area contributed by atoms with Crippen molar-refractivity contribution < 1.29 is 19.0 Å². The summed E-state index contributed by atoms with van der Waals surface area (Å²) in [7, 11) is 3.06. The number of hydrogen-bond donors (Lipinski definition) is 1. The topological polar surface area (TPSA) is 74.0 Å². The lowest BCUT2D eigenvalue weighted by Gasteiger charge is -2.29. The van der Waals surface area contributed by atoms with E-state index in [1.54, 1.807) is 12.0 Å². The molecule has 2 aliphatic rings. The van der Waals surface area contributed by atoms with E-state index >= 15 is 0 Å². The maximum atomic E-state index is 12.0. The smallest absolute Gasteiger partial charge is 0.409 e. The van der Waals surface area contributed by atoms with Crippen molar-refractivity contribution in [3.63, 3.8) is 0 Å². The molecular formula is C19H28N2O4. The Balaban J connectivity index is 1.85. The highest BCUT2D eigenvalue weighted by atomic mass is 16.5. The van der Waals surface area contributed by atoms with Gasteiger partial charge in [0.2, 0.25) is 0 Å². The van der Waals surface area contributed by atoms with Gasteiger partial charge in [0, 0.05) is 31.0 Å². The molecule has 6 nitrogen and oxygen atoms in total. The van der Waals surface area contributed by atoms with Gasteiger partial charge in [-0.25, -0.2) is 4.79 Å². The van der Waals surface area contributed by atoms with Crippen molar-refractivity contribution in [1.29, 1.82) is 0 Å². The second-order valence-electron chi connectivity index (χ2n) is 7.43. The fourth-order valence-corrected chi connectivity index (χ4v) is 3.55. The van der Waals surface area contributed by atoms with Gasteiger partial charge in [-0.15, -0.1) is 0 Å². The summed E-state index contributed by atoms with van der Waals surface area (Å²) in [6.45, 7) is 4.53. The van der Waals surface area contributed by atoms with Crippen LogP contribution in [0.25, 0.3) is 0 Å².